The van der Waals surface area contributed by atoms with Crippen LogP contribution in [0.25, 0.3) is 10.6 Å². The van der Waals surface area contributed by atoms with E-state index >= 15 is 0 Å². The summed E-state index contributed by atoms with van der Waals surface area (Å²) in [5.41, 5.74) is 1.71. The standard InChI is InChI=1S/C18H21N5O4S/c1-11-8-14(27-20-11)18-17(19-22-28-18)12-4-3-7-23(10-12)16(24)6-5-13-9-15(25-2)21-26-13/h8-9,12H,3-7,10H2,1-2H3/t12-/m0/s1. The first-order chi connectivity index (χ1) is 13.6. The van der Waals surface area contributed by atoms with Gasteiger partial charge < -0.3 is 18.7 Å². The van der Waals surface area contributed by atoms with Gasteiger partial charge >= 0.3 is 0 Å². The van der Waals surface area contributed by atoms with Crippen molar-refractivity contribution in [3.05, 3.63) is 29.3 Å². The van der Waals surface area contributed by atoms with E-state index in [-0.39, 0.29) is 11.8 Å². The number of methoxy groups -OCH3 is 1. The number of aryl methyl sites for hydroxylation is 2. The molecule has 10 heteroatoms. The number of likely N-dealkylation sites (tertiary alicyclic amines) is 1. The van der Waals surface area contributed by atoms with Crippen LogP contribution in [0.4, 0.5) is 0 Å². The van der Waals surface area contributed by atoms with Crippen LogP contribution in [0, 0.1) is 6.92 Å². The second kappa shape index (κ2) is 8.09. The highest BCUT2D eigenvalue weighted by Crippen LogP contribution is 2.35. The summed E-state index contributed by atoms with van der Waals surface area (Å²) in [4.78, 5) is 15.5. The zero-order chi connectivity index (χ0) is 19.5. The fraction of sp³-hybridized carbons (Fsp3) is 0.500. The van der Waals surface area contributed by atoms with Gasteiger partial charge in [0.2, 0.25) is 5.91 Å². The normalized spacial score (nSPS) is 17.1. The average Bonchev–Trinajstić information content (AvgIpc) is 3.46. The van der Waals surface area contributed by atoms with Crippen LogP contribution < -0.4 is 4.74 Å². The molecule has 0 radical (unpaired) electrons. The molecule has 0 saturated carbocycles. The number of aromatic nitrogens is 4. The van der Waals surface area contributed by atoms with E-state index in [1.165, 1.54) is 18.6 Å². The van der Waals surface area contributed by atoms with Crippen LogP contribution in [0.1, 0.15) is 42.3 Å². The van der Waals surface area contributed by atoms with Crippen LogP contribution in [0.3, 0.4) is 0 Å². The summed E-state index contributed by atoms with van der Waals surface area (Å²) in [6.45, 7) is 3.26. The quantitative estimate of drug-likeness (QED) is 0.618. The van der Waals surface area contributed by atoms with Crippen molar-refractivity contribution in [3.63, 3.8) is 0 Å². The van der Waals surface area contributed by atoms with E-state index in [0.717, 1.165) is 35.7 Å². The lowest BCUT2D eigenvalue weighted by Crippen LogP contribution is -2.39. The maximum Gasteiger partial charge on any atom is 0.254 e. The highest BCUT2D eigenvalue weighted by molar-refractivity contribution is 7.09. The Morgan fingerprint density at radius 1 is 1.36 bits per heavy atom. The lowest BCUT2D eigenvalue weighted by Gasteiger charge is -2.32. The van der Waals surface area contributed by atoms with E-state index in [9.17, 15) is 4.79 Å². The number of amides is 1. The van der Waals surface area contributed by atoms with Gasteiger partial charge in [-0.3, -0.25) is 4.79 Å². The molecule has 0 bridgehead atoms. The fourth-order valence-electron chi connectivity index (χ4n) is 3.43. The van der Waals surface area contributed by atoms with E-state index in [1.807, 2.05) is 17.9 Å². The predicted octanol–water partition coefficient (Wildman–Crippen LogP) is 2.84. The first-order valence-electron chi connectivity index (χ1n) is 9.17. The van der Waals surface area contributed by atoms with Crippen molar-refractivity contribution in [3.8, 4) is 16.5 Å². The van der Waals surface area contributed by atoms with Gasteiger partial charge in [-0.2, -0.15) is 0 Å². The number of piperidine rings is 1. The molecule has 1 amide bonds. The van der Waals surface area contributed by atoms with Crippen LogP contribution in [0.15, 0.2) is 21.2 Å². The SMILES string of the molecule is COc1cc(CCC(=O)N2CCC[C@H](c3nnsc3-c3cc(C)no3)C2)on1. The third-order valence-corrected chi connectivity index (χ3v) is 5.61. The molecule has 1 saturated heterocycles. The molecule has 4 heterocycles. The summed E-state index contributed by atoms with van der Waals surface area (Å²) in [7, 11) is 1.53. The minimum absolute atomic E-state index is 0.0975. The molecule has 1 aliphatic rings. The lowest BCUT2D eigenvalue weighted by molar-refractivity contribution is -0.132. The number of rotatable bonds is 6. The Morgan fingerprint density at radius 2 is 2.25 bits per heavy atom. The Labute approximate surface area is 165 Å². The molecule has 0 aliphatic carbocycles. The van der Waals surface area contributed by atoms with Gasteiger partial charge in [-0.15, -0.1) is 5.10 Å². The second-order valence-electron chi connectivity index (χ2n) is 6.83. The highest BCUT2D eigenvalue weighted by Gasteiger charge is 2.29. The molecule has 28 heavy (non-hydrogen) atoms. The molecule has 9 nitrogen and oxygen atoms in total. The molecule has 0 N–H and O–H groups in total. The van der Waals surface area contributed by atoms with Gasteiger partial charge in [0, 0.05) is 44.0 Å². The van der Waals surface area contributed by atoms with Crippen LogP contribution >= 0.6 is 11.5 Å². The second-order valence-corrected chi connectivity index (χ2v) is 7.59. The summed E-state index contributed by atoms with van der Waals surface area (Å²) in [5.74, 6) is 1.99. The maximum absolute atomic E-state index is 12.7. The van der Waals surface area contributed by atoms with Crippen molar-refractivity contribution in [2.75, 3.05) is 20.2 Å². The molecular weight excluding hydrogens is 382 g/mol. The Kier molecular flexibility index (Phi) is 5.38. The summed E-state index contributed by atoms with van der Waals surface area (Å²) >= 11 is 1.30. The predicted molar refractivity (Wildman–Crippen MR) is 100 cm³/mol. The number of hydrogen-bond donors (Lipinski definition) is 0. The first kappa shape index (κ1) is 18.6. The Bertz CT molecular complexity index is 949. The summed E-state index contributed by atoms with van der Waals surface area (Å²) in [6.07, 6.45) is 2.76. The zero-order valence-electron chi connectivity index (χ0n) is 15.8. The van der Waals surface area contributed by atoms with Gasteiger partial charge in [0.05, 0.1) is 18.5 Å². The smallest absolute Gasteiger partial charge is 0.254 e. The van der Waals surface area contributed by atoms with Crippen LogP contribution in [0.2, 0.25) is 0 Å². The van der Waals surface area contributed by atoms with E-state index in [0.29, 0.717) is 36.8 Å². The molecule has 0 unspecified atom stereocenters. The molecule has 3 aromatic heterocycles. The van der Waals surface area contributed by atoms with Crippen LogP contribution in [-0.2, 0) is 11.2 Å². The Morgan fingerprint density at radius 3 is 3.00 bits per heavy atom. The Hall–Kier alpha value is -2.75. The molecular formula is C18H21N5O4S. The molecule has 3 aromatic rings. The zero-order valence-corrected chi connectivity index (χ0v) is 16.6. The van der Waals surface area contributed by atoms with Gasteiger partial charge in [-0.05, 0) is 36.5 Å². The number of carbonyl (C=O) groups is 1. The minimum Gasteiger partial charge on any atom is -0.479 e. The topological polar surface area (TPSA) is 107 Å². The van der Waals surface area contributed by atoms with Crippen molar-refractivity contribution >= 4 is 17.4 Å². The molecule has 148 valence electrons. The third kappa shape index (κ3) is 3.91. The summed E-state index contributed by atoms with van der Waals surface area (Å²) in [6, 6.07) is 3.59. The molecule has 1 aliphatic heterocycles. The molecule has 1 atom stereocenters. The van der Waals surface area contributed by atoms with Crippen molar-refractivity contribution in [1.82, 2.24) is 24.8 Å². The molecule has 4 rings (SSSR count). The lowest BCUT2D eigenvalue weighted by atomic mass is 9.93. The van der Waals surface area contributed by atoms with Gasteiger partial charge in [-0.25, -0.2) is 0 Å². The molecule has 0 aromatic carbocycles. The van der Waals surface area contributed by atoms with Gasteiger partial charge in [0.1, 0.15) is 10.6 Å². The van der Waals surface area contributed by atoms with Crippen molar-refractivity contribution in [2.24, 2.45) is 0 Å². The molecule has 0 spiro atoms. The van der Waals surface area contributed by atoms with Gasteiger partial charge in [-0.1, -0.05) is 9.64 Å². The average molecular weight is 403 g/mol. The largest absolute Gasteiger partial charge is 0.479 e. The van der Waals surface area contributed by atoms with Crippen molar-refractivity contribution in [1.29, 1.82) is 0 Å². The monoisotopic (exact) mass is 403 g/mol. The maximum atomic E-state index is 12.7. The van der Waals surface area contributed by atoms with E-state index in [4.69, 9.17) is 13.8 Å². The Balaban J connectivity index is 1.40. The molecule has 1 fully saturated rings. The number of hydrogen-bond acceptors (Lipinski definition) is 9. The van der Waals surface area contributed by atoms with E-state index in [2.05, 4.69) is 19.9 Å². The van der Waals surface area contributed by atoms with Gasteiger partial charge in [0.25, 0.3) is 5.88 Å². The summed E-state index contributed by atoms with van der Waals surface area (Å²) < 4.78 is 19.7. The number of carbonyl (C=O) groups excluding carboxylic acids is 1. The van der Waals surface area contributed by atoms with E-state index < -0.39 is 0 Å². The summed E-state index contributed by atoms with van der Waals surface area (Å²) in [5, 5.41) is 12.0. The first-order valence-corrected chi connectivity index (χ1v) is 9.94. The minimum atomic E-state index is 0.0975. The van der Waals surface area contributed by atoms with Crippen molar-refractivity contribution in [2.45, 2.75) is 38.5 Å². The third-order valence-electron chi connectivity index (χ3n) is 4.86. The van der Waals surface area contributed by atoms with Crippen molar-refractivity contribution < 1.29 is 18.6 Å². The van der Waals surface area contributed by atoms with Crippen LogP contribution in [0.5, 0.6) is 5.88 Å². The van der Waals surface area contributed by atoms with Crippen LogP contribution in [-0.4, -0.2) is 50.9 Å². The highest BCUT2D eigenvalue weighted by atomic mass is 32.1. The van der Waals surface area contributed by atoms with Gasteiger partial charge in [0.15, 0.2) is 5.76 Å². The number of nitrogens with zero attached hydrogens (tertiary/aromatic N) is 5. The van der Waals surface area contributed by atoms with E-state index in [1.54, 1.807) is 6.07 Å². The number of ether oxygens (including phenoxy) is 1. The fourth-order valence-corrected chi connectivity index (χ4v) is 4.13.